The van der Waals surface area contributed by atoms with E-state index in [9.17, 15) is 9.59 Å². The van der Waals surface area contributed by atoms with Gasteiger partial charge in [0.2, 0.25) is 0 Å². The van der Waals surface area contributed by atoms with Gasteiger partial charge in [-0.25, -0.2) is 0 Å². The van der Waals surface area contributed by atoms with Gasteiger partial charge in [0.15, 0.2) is 5.78 Å². The van der Waals surface area contributed by atoms with Crippen LogP contribution in [-0.4, -0.2) is 31.2 Å². The Morgan fingerprint density at radius 1 is 1.53 bits per heavy atom. The molecule has 2 rings (SSSR count). The number of hydrogen-bond acceptors (Lipinski definition) is 5. The Bertz CT molecular complexity index is 498. The third kappa shape index (κ3) is 2.76. The number of thioether (sulfide) groups is 1. The number of fused-ring (bicyclic) bond motifs is 1. The Labute approximate surface area is 116 Å². The van der Waals surface area contributed by atoms with Crippen molar-refractivity contribution < 1.29 is 19.1 Å². The van der Waals surface area contributed by atoms with E-state index in [1.165, 1.54) is 11.8 Å². The smallest absolute Gasteiger partial charge is 0.316 e. The van der Waals surface area contributed by atoms with E-state index >= 15 is 0 Å². The molecule has 1 unspecified atom stereocenters. The molecule has 0 spiro atoms. The molecule has 0 bridgehead atoms. The van der Waals surface area contributed by atoms with Crippen LogP contribution in [0.2, 0.25) is 0 Å². The van der Waals surface area contributed by atoms with Crippen LogP contribution in [0.4, 0.5) is 0 Å². The maximum absolute atomic E-state index is 12.4. The fraction of sp³-hybridized carbons (Fsp3) is 0.429. The highest BCUT2D eigenvalue weighted by Gasteiger charge is 2.33. The zero-order chi connectivity index (χ0) is 13.8. The first kappa shape index (κ1) is 13.9. The topological polar surface area (TPSA) is 52.6 Å². The van der Waals surface area contributed by atoms with Gasteiger partial charge in [0, 0.05) is 11.3 Å². The first-order valence-corrected chi connectivity index (χ1v) is 7.42. The van der Waals surface area contributed by atoms with Gasteiger partial charge in [0.05, 0.1) is 18.8 Å². The third-order valence-electron chi connectivity index (χ3n) is 3.00. The molecule has 0 N–H and O–H groups in total. The molecule has 4 nitrogen and oxygen atoms in total. The first-order valence-electron chi connectivity index (χ1n) is 6.19. The number of para-hydroxylation sites is 1. The van der Waals surface area contributed by atoms with Crippen molar-refractivity contribution in [1.82, 2.24) is 0 Å². The van der Waals surface area contributed by atoms with Crippen LogP contribution < -0.4 is 4.74 Å². The predicted molar refractivity (Wildman–Crippen MR) is 72.8 cm³/mol. The molecule has 1 aliphatic rings. The van der Waals surface area contributed by atoms with Crippen LogP contribution >= 0.6 is 11.8 Å². The monoisotopic (exact) mass is 280 g/mol. The van der Waals surface area contributed by atoms with Crippen LogP contribution in [0.1, 0.15) is 23.7 Å². The summed E-state index contributed by atoms with van der Waals surface area (Å²) in [5.74, 6) is -0.828. The highest BCUT2D eigenvalue weighted by atomic mass is 32.2. The lowest BCUT2D eigenvalue weighted by Gasteiger charge is -2.11. The number of Topliss-reactive ketones (excluding diaryl/α,β-unsaturated/α-hetero) is 1. The van der Waals surface area contributed by atoms with E-state index in [1.807, 2.05) is 12.3 Å². The van der Waals surface area contributed by atoms with Gasteiger partial charge in [-0.2, -0.15) is 0 Å². The highest BCUT2D eigenvalue weighted by molar-refractivity contribution is 7.98. The number of carbonyl (C=O) groups excluding carboxylic acids is 2. The van der Waals surface area contributed by atoms with Crippen LogP contribution in [-0.2, 0) is 9.53 Å². The summed E-state index contributed by atoms with van der Waals surface area (Å²) in [5, 5.41) is 0. The average Bonchev–Trinajstić information content (AvgIpc) is 2.58. The second kappa shape index (κ2) is 6.10. The second-order valence-electron chi connectivity index (χ2n) is 4.14. The number of benzene rings is 1. The van der Waals surface area contributed by atoms with Crippen molar-refractivity contribution in [2.45, 2.75) is 18.2 Å². The Hall–Kier alpha value is -1.49. The molecular weight excluding hydrogens is 264 g/mol. The third-order valence-corrected chi connectivity index (χ3v) is 3.77. The van der Waals surface area contributed by atoms with Gasteiger partial charge in [-0.15, -0.1) is 11.8 Å². The summed E-state index contributed by atoms with van der Waals surface area (Å²) in [7, 11) is 0. The molecule has 0 aromatic heterocycles. The Balaban J connectivity index is 2.37. The van der Waals surface area contributed by atoms with Crippen LogP contribution in [0, 0.1) is 5.92 Å². The average molecular weight is 280 g/mol. The van der Waals surface area contributed by atoms with Crippen molar-refractivity contribution in [3.05, 3.63) is 23.8 Å². The number of carbonyl (C=O) groups is 2. The lowest BCUT2D eigenvalue weighted by molar-refractivity contribution is -0.146. The van der Waals surface area contributed by atoms with E-state index in [1.54, 1.807) is 19.1 Å². The van der Waals surface area contributed by atoms with Crippen molar-refractivity contribution in [1.29, 1.82) is 0 Å². The zero-order valence-corrected chi connectivity index (χ0v) is 11.8. The summed E-state index contributed by atoms with van der Waals surface area (Å²) in [6.07, 6.45) is 2.29. The summed E-state index contributed by atoms with van der Waals surface area (Å²) in [6.45, 7) is 2.36. The number of ketones is 1. The van der Waals surface area contributed by atoms with Crippen LogP contribution in [0.15, 0.2) is 23.1 Å². The van der Waals surface area contributed by atoms with Gasteiger partial charge in [0.1, 0.15) is 11.7 Å². The molecule has 1 heterocycles. The summed E-state index contributed by atoms with van der Waals surface area (Å²) in [6, 6.07) is 5.41. The standard InChI is InChI=1S/C14H16O4S/c1-3-17-14(16)10-7-8-18-13-9(12(10)15)5-4-6-11(13)19-2/h4-6,10H,3,7-8H2,1-2H3. The van der Waals surface area contributed by atoms with Crippen molar-refractivity contribution in [3.63, 3.8) is 0 Å². The molecule has 1 aromatic carbocycles. The van der Waals surface area contributed by atoms with E-state index in [2.05, 4.69) is 0 Å². The molecule has 5 heteroatoms. The van der Waals surface area contributed by atoms with E-state index in [0.717, 1.165) is 4.90 Å². The zero-order valence-electron chi connectivity index (χ0n) is 11.0. The van der Waals surface area contributed by atoms with Crippen LogP contribution in [0.5, 0.6) is 5.75 Å². The van der Waals surface area contributed by atoms with Crippen LogP contribution in [0.3, 0.4) is 0 Å². The van der Waals surface area contributed by atoms with E-state index in [-0.39, 0.29) is 12.4 Å². The van der Waals surface area contributed by atoms with E-state index in [0.29, 0.717) is 24.3 Å². The van der Waals surface area contributed by atoms with E-state index < -0.39 is 11.9 Å². The minimum Gasteiger partial charge on any atom is -0.492 e. The SMILES string of the molecule is CCOC(=O)C1CCOc2c(SC)cccc2C1=O. The molecule has 0 fully saturated rings. The van der Waals surface area contributed by atoms with Gasteiger partial charge < -0.3 is 9.47 Å². The Morgan fingerprint density at radius 2 is 2.32 bits per heavy atom. The summed E-state index contributed by atoms with van der Waals surface area (Å²) < 4.78 is 10.6. The molecule has 19 heavy (non-hydrogen) atoms. The summed E-state index contributed by atoms with van der Waals surface area (Å²) >= 11 is 1.52. The molecule has 0 saturated heterocycles. The largest absolute Gasteiger partial charge is 0.492 e. The van der Waals surface area contributed by atoms with Crippen molar-refractivity contribution in [2.75, 3.05) is 19.5 Å². The minimum absolute atomic E-state index is 0.207. The molecule has 0 aliphatic carbocycles. The minimum atomic E-state index is -0.752. The van der Waals surface area contributed by atoms with Gasteiger partial charge >= 0.3 is 5.97 Å². The quantitative estimate of drug-likeness (QED) is 0.484. The van der Waals surface area contributed by atoms with E-state index in [4.69, 9.17) is 9.47 Å². The fourth-order valence-electron chi connectivity index (χ4n) is 2.08. The summed E-state index contributed by atoms with van der Waals surface area (Å²) in [5.41, 5.74) is 0.474. The molecule has 1 aliphatic heterocycles. The Kier molecular flexibility index (Phi) is 4.47. The summed E-state index contributed by atoms with van der Waals surface area (Å²) in [4.78, 5) is 25.2. The maximum atomic E-state index is 12.4. The van der Waals surface area contributed by atoms with Gasteiger partial charge in [-0.1, -0.05) is 6.07 Å². The van der Waals surface area contributed by atoms with Gasteiger partial charge in [-0.3, -0.25) is 9.59 Å². The second-order valence-corrected chi connectivity index (χ2v) is 4.99. The molecule has 102 valence electrons. The lowest BCUT2D eigenvalue weighted by Crippen LogP contribution is -2.26. The van der Waals surface area contributed by atoms with Crippen molar-refractivity contribution in [3.8, 4) is 5.75 Å². The first-order chi connectivity index (χ1) is 9.19. The molecule has 1 atom stereocenters. The number of esters is 1. The predicted octanol–water partition coefficient (Wildman–Crippen LogP) is 2.55. The fourth-order valence-corrected chi connectivity index (χ4v) is 2.65. The Morgan fingerprint density at radius 3 is 3.00 bits per heavy atom. The van der Waals surface area contributed by atoms with Gasteiger partial charge in [0.25, 0.3) is 0 Å². The molecule has 0 radical (unpaired) electrons. The number of ether oxygens (including phenoxy) is 2. The molecule has 0 saturated carbocycles. The number of rotatable bonds is 3. The number of hydrogen-bond donors (Lipinski definition) is 0. The van der Waals surface area contributed by atoms with Crippen molar-refractivity contribution >= 4 is 23.5 Å². The van der Waals surface area contributed by atoms with Crippen LogP contribution in [0.25, 0.3) is 0 Å². The highest BCUT2D eigenvalue weighted by Crippen LogP contribution is 2.35. The van der Waals surface area contributed by atoms with Crippen molar-refractivity contribution in [2.24, 2.45) is 5.92 Å². The normalized spacial score (nSPS) is 18.2. The maximum Gasteiger partial charge on any atom is 0.316 e. The van der Waals surface area contributed by atoms with Gasteiger partial charge in [-0.05, 0) is 25.3 Å². The molecule has 0 amide bonds. The lowest BCUT2D eigenvalue weighted by atomic mass is 9.95. The molecule has 1 aromatic rings. The molecular formula is C14H16O4S.